The van der Waals surface area contributed by atoms with Gasteiger partial charge < -0.3 is 5.32 Å². The third-order valence-corrected chi connectivity index (χ3v) is 3.47. The van der Waals surface area contributed by atoms with Gasteiger partial charge in [-0.2, -0.15) is 5.26 Å². The van der Waals surface area contributed by atoms with E-state index in [-0.39, 0.29) is 23.3 Å². The molecule has 0 atom stereocenters. The lowest BCUT2D eigenvalue weighted by Gasteiger charge is -2.22. The van der Waals surface area contributed by atoms with Gasteiger partial charge in [0.05, 0.1) is 0 Å². The van der Waals surface area contributed by atoms with Crippen LogP contribution in [0.4, 0.5) is 4.39 Å². The van der Waals surface area contributed by atoms with E-state index in [1.165, 1.54) is 24.6 Å². The van der Waals surface area contributed by atoms with Crippen LogP contribution < -0.4 is 5.32 Å². The number of benzene rings is 1. The molecule has 1 fully saturated rings. The molecule has 1 aromatic rings. The third kappa shape index (κ3) is 3.92. The molecule has 1 aromatic carbocycles. The average Bonchev–Trinajstić information content (AvgIpc) is 2.46. The number of halogens is 1. The van der Waals surface area contributed by atoms with E-state index in [4.69, 9.17) is 5.26 Å². The van der Waals surface area contributed by atoms with Gasteiger partial charge in [0.25, 0.3) is 5.91 Å². The summed E-state index contributed by atoms with van der Waals surface area (Å²) in [6.45, 7) is 0. The first-order valence-electron chi connectivity index (χ1n) is 6.87. The van der Waals surface area contributed by atoms with Crippen LogP contribution in [-0.2, 0) is 4.79 Å². The summed E-state index contributed by atoms with van der Waals surface area (Å²) in [7, 11) is 0. The number of hydrogen-bond acceptors (Lipinski definition) is 2. The van der Waals surface area contributed by atoms with Crippen molar-refractivity contribution in [1.82, 2.24) is 5.32 Å². The molecule has 2 rings (SSSR count). The van der Waals surface area contributed by atoms with Crippen LogP contribution in [0, 0.1) is 17.1 Å². The number of amides is 1. The summed E-state index contributed by atoms with van der Waals surface area (Å²) in [5.41, 5.74) is 0.529. The Morgan fingerprint density at radius 2 is 2.10 bits per heavy atom. The molecule has 0 aliphatic heterocycles. The molecule has 104 valence electrons. The lowest BCUT2D eigenvalue weighted by Crippen LogP contribution is -2.36. The topological polar surface area (TPSA) is 52.9 Å². The molecule has 1 saturated carbocycles. The van der Waals surface area contributed by atoms with E-state index in [1.807, 2.05) is 6.07 Å². The second-order valence-electron chi connectivity index (χ2n) is 5.03. The Hall–Kier alpha value is -2.15. The monoisotopic (exact) mass is 272 g/mol. The van der Waals surface area contributed by atoms with Crippen molar-refractivity contribution in [2.45, 2.75) is 38.1 Å². The van der Waals surface area contributed by atoms with E-state index >= 15 is 0 Å². The van der Waals surface area contributed by atoms with Crippen LogP contribution in [0.15, 0.2) is 29.8 Å². The molecule has 0 unspecified atom stereocenters. The molecule has 1 amide bonds. The largest absolute Gasteiger partial charge is 0.349 e. The fourth-order valence-electron chi connectivity index (χ4n) is 2.42. The molecule has 0 radical (unpaired) electrons. The van der Waals surface area contributed by atoms with Gasteiger partial charge in [-0.15, -0.1) is 0 Å². The number of carbonyl (C=O) groups excluding carboxylic acids is 1. The van der Waals surface area contributed by atoms with E-state index < -0.39 is 0 Å². The fourth-order valence-corrected chi connectivity index (χ4v) is 2.42. The molecule has 1 N–H and O–H groups in total. The predicted octanol–water partition coefficient (Wildman–Crippen LogP) is 3.18. The first-order valence-corrected chi connectivity index (χ1v) is 6.87. The molecule has 0 saturated heterocycles. The highest BCUT2D eigenvalue weighted by Gasteiger charge is 2.17. The molecule has 1 aliphatic carbocycles. The Kier molecular flexibility index (Phi) is 4.89. The smallest absolute Gasteiger partial charge is 0.262 e. The normalized spacial score (nSPS) is 16.5. The van der Waals surface area contributed by atoms with E-state index in [0.29, 0.717) is 5.56 Å². The van der Waals surface area contributed by atoms with E-state index in [9.17, 15) is 9.18 Å². The number of carbonyl (C=O) groups is 1. The number of nitriles is 1. The summed E-state index contributed by atoms with van der Waals surface area (Å²) in [6, 6.07) is 7.87. The first kappa shape index (κ1) is 14.3. The lowest BCUT2D eigenvalue weighted by molar-refractivity contribution is -0.117. The van der Waals surface area contributed by atoms with Crippen LogP contribution in [0.5, 0.6) is 0 Å². The maximum atomic E-state index is 13.1. The van der Waals surface area contributed by atoms with Gasteiger partial charge in [-0.3, -0.25) is 4.79 Å². The molecular formula is C16H17FN2O. The van der Waals surface area contributed by atoms with Gasteiger partial charge in [-0.05, 0) is 36.6 Å². The van der Waals surface area contributed by atoms with Crippen molar-refractivity contribution in [2.24, 2.45) is 0 Å². The van der Waals surface area contributed by atoms with E-state index in [0.717, 1.165) is 25.7 Å². The Bertz CT molecular complexity index is 554. The Labute approximate surface area is 118 Å². The highest BCUT2D eigenvalue weighted by Crippen LogP contribution is 2.18. The Morgan fingerprint density at radius 3 is 2.75 bits per heavy atom. The molecule has 0 heterocycles. The minimum Gasteiger partial charge on any atom is -0.349 e. The molecule has 1 aliphatic rings. The zero-order valence-corrected chi connectivity index (χ0v) is 11.2. The average molecular weight is 272 g/mol. The second kappa shape index (κ2) is 6.85. The SMILES string of the molecule is N#C/C(=C/c1cccc(F)c1)C(=O)NC1CCCCC1. The van der Waals surface area contributed by atoms with Gasteiger partial charge in [0.15, 0.2) is 0 Å². The van der Waals surface area contributed by atoms with Crippen LogP contribution in [0.2, 0.25) is 0 Å². The van der Waals surface area contributed by atoms with Crippen molar-refractivity contribution in [3.05, 3.63) is 41.2 Å². The van der Waals surface area contributed by atoms with Gasteiger partial charge in [-0.25, -0.2) is 4.39 Å². The maximum Gasteiger partial charge on any atom is 0.262 e. The summed E-state index contributed by atoms with van der Waals surface area (Å²) in [6.07, 6.45) is 6.77. The first-order chi connectivity index (χ1) is 9.69. The van der Waals surface area contributed by atoms with E-state index in [1.54, 1.807) is 12.1 Å². The minimum atomic E-state index is -0.385. The highest BCUT2D eigenvalue weighted by molar-refractivity contribution is 6.01. The van der Waals surface area contributed by atoms with Crippen LogP contribution >= 0.6 is 0 Å². The standard InChI is InChI=1S/C16H17FN2O/c17-14-6-4-5-12(10-14)9-13(11-18)16(20)19-15-7-2-1-3-8-15/h4-6,9-10,15H,1-3,7-8H2,(H,19,20)/b13-9-. The molecule has 0 spiro atoms. The second-order valence-corrected chi connectivity index (χ2v) is 5.03. The van der Waals surface area contributed by atoms with Crippen molar-refractivity contribution in [3.63, 3.8) is 0 Å². The Morgan fingerprint density at radius 1 is 1.35 bits per heavy atom. The molecule has 20 heavy (non-hydrogen) atoms. The minimum absolute atomic E-state index is 0.0150. The van der Waals surface area contributed by atoms with Crippen molar-refractivity contribution in [3.8, 4) is 6.07 Å². The summed E-state index contributed by atoms with van der Waals surface area (Å²) in [5.74, 6) is -0.757. The zero-order chi connectivity index (χ0) is 14.4. The van der Waals surface area contributed by atoms with Crippen LogP contribution in [0.3, 0.4) is 0 Å². The van der Waals surface area contributed by atoms with Crippen molar-refractivity contribution in [1.29, 1.82) is 5.26 Å². The maximum absolute atomic E-state index is 13.1. The fraction of sp³-hybridized carbons (Fsp3) is 0.375. The van der Waals surface area contributed by atoms with Crippen molar-refractivity contribution in [2.75, 3.05) is 0 Å². The molecule has 0 bridgehead atoms. The van der Waals surface area contributed by atoms with Crippen LogP contribution in [-0.4, -0.2) is 11.9 Å². The summed E-state index contributed by atoms with van der Waals surface area (Å²) in [5, 5.41) is 12.0. The molecule has 0 aromatic heterocycles. The quantitative estimate of drug-likeness (QED) is 0.678. The van der Waals surface area contributed by atoms with E-state index in [2.05, 4.69) is 5.32 Å². The molecule has 3 nitrogen and oxygen atoms in total. The van der Waals surface area contributed by atoms with Crippen molar-refractivity contribution >= 4 is 12.0 Å². The third-order valence-electron chi connectivity index (χ3n) is 3.47. The summed E-state index contributed by atoms with van der Waals surface area (Å²) in [4.78, 5) is 12.0. The molecule has 4 heteroatoms. The van der Waals surface area contributed by atoms with Crippen LogP contribution in [0.25, 0.3) is 6.08 Å². The number of hydrogen-bond donors (Lipinski definition) is 1. The number of rotatable bonds is 3. The summed E-state index contributed by atoms with van der Waals surface area (Å²) >= 11 is 0. The number of nitrogens with one attached hydrogen (secondary N) is 1. The van der Waals surface area contributed by atoms with Gasteiger partial charge in [0.2, 0.25) is 0 Å². The Balaban J connectivity index is 2.07. The zero-order valence-electron chi connectivity index (χ0n) is 11.2. The van der Waals surface area contributed by atoms with Gasteiger partial charge >= 0.3 is 0 Å². The van der Waals surface area contributed by atoms with Gasteiger partial charge in [0.1, 0.15) is 17.5 Å². The molecular weight excluding hydrogens is 255 g/mol. The van der Waals surface area contributed by atoms with Crippen LogP contribution in [0.1, 0.15) is 37.7 Å². The highest BCUT2D eigenvalue weighted by atomic mass is 19.1. The van der Waals surface area contributed by atoms with Gasteiger partial charge in [-0.1, -0.05) is 31.4 Å². The lowest BCUT2D eigenvalue weighted by atomic mass is 9.95. The van der Waals surface area contributed by atoms with Crippen molar-refractivity contribution < 1.29 is 9.18 Å². The predicted molar refractivity (Wildman–Crippen MR) is 75.0 cm³/mol. The number of nitrogens with zero attached hydrogens (tertiary/aromatic N) is 1. The summed E-state index contributed by atoms with van der Waals surface area (Å²) < 4.78 is 13.1. The van der Waals surface area contributed by atoms with Gasteiger partial charge in [0, 0.05) is 6.04 Å².